The minimum absolute atomic E-state index is 0.452. The zero-order valence-electron chi connectivity index (χ0n) is 10.9. The third-order valence-corrected chi connectivity index (χ3v) is 3.31. The molecule has 0 aromatic carbocycles. The van der Waals surface area contributed by atoms with Crippen molar-refractivity contribution in [3.8, 4) is 0 Å². The molecule has 0 aromatic heterocycles. The summed E-state index contributed by atoms with van der Waals surface area (Å²) in [6.45, 7) is -1.32. The molecule has 23 heavy (non-hydrogen) atoms. The highest BCUT2D eigenvalue weighted by Crippen LogP contribution is 2.60. The van der Waals surface area contributed by atoms with Crippen LogP contribution in [-0.4, -0.2) is 48.2 Å². The number of epoxide rings is 1. The van der Waals surface area contributed by atoms with E-state index < -0.39 is 61.6 Å². The monoisotopic (exact) mass is 372 g/mol. The normalized spacial score (nSPS) is 23.6. The minimum Gasteiger partial charge on any atom is -0.373 e. The Morgan fingerprint density at radius 3 is 1.43 bits per heavy atom. The van der Waals surface area contributed by atoms with Gasteiger partial charge in [-0.1, -0.05) is 0 Å². The van der Waals surface area contributed by atoms with E-state index >= 15 is 0 Å². The second-order valence-corrected chi connectivity index (χ2v) is 5.09. The van der Waals surface area contributed by atoms with Crippen LogP contribution in [0.1, 0.15) is 13.3 Å². The molecule has 13 heteroatoms. The highest BCUT2D eigenvalue weighted by molar-refractivity contribution is 5.13. The number of halogens is 12. The Bertz CT molecular complexity index is 447. The van der Waals surface area contributed by atoms with Crippen molar-refractivity contribution in [2.45, 2.75) is 55.0 Å². The van der Waals surface area contributed by atoms with Crippen LogP contribution >= 0.6 is 0 Å². The first-order chi connectivity index (χ1) is 9.83. The van der Waals surface area contributed by atoms with Gasteiger partial charge in [-0.2, -0.15) is 39.5 Å². The van der Waals surface area contributed by atoms with Crippen molar-refractivity contribution < 1.29 is 57.4 Å². The molecule has 0 N–H and O–H groups in total. The van der Waals surface area contributed by atoms with Gasteiger partial charge < -0.3 is 4.74 Å². The van der Waals surface area contributed by atoms with E-state index in [1.54, 1.807) is 0 Å². The van der Waals surface area contributed by atoms with E-state index in [-0.39, 0.29) is 0 Å². The van der Waals surface area contributed by atoms with Crippen molar-refractivity contribution in [2.75, 3.05) is 6.61 Å². The van der Waals surface area contributed by atoms with Crippen LogP contribution in [-0.2, 0) is 4.74 Å². The molecule has 0 radical (unpaired) electrons. The van der Waals surface area contributed by atoms with Crippen LogP contribution in [0.25, 0.3) is 0 Å². The topological polar surface area (TPSA) is 12.5 Å². The summed E-state index contributed by atoms with van der Waals surface area (Å²) in [7, 11) is 0. The Balaban J connectivity index is 3.30. The van der Waals surface area contributed by atoms with E-state index in [1.165, 1.54) is 0 Å². The van der Waals surface area contributed by atoms with Gasteiger partial charge in [-0.05, 0) is 6.92 Å². The predicted octanol–water partition coefficient (Wildman–Crippen LogP) is 4.61. The summed E-state index contributed by atoms with van der Waals surface area (Å²) in [5.41, 5.74) is -5.70. The number of hydrogen-bond donors (Lipinski definition) is 0. The van der Waals surface area contributed by atoms with Crippen molar-refractivity contribution in [2.24, 2.45) is 0 Å². The molecule has 0 aromatic rings. The molecule has 1 aliphatic rings. The molecule has 1 rings (SSSR count). The van der Waals surface area contributed by atoms with Crippen LogP contribution in [0.15, 0.2) is 0 Å². The van der Waals surface area contributed by atoms with Gasteiger partial charge in [0.15, 0.2) is 0 Å². The Morgan fingerprint density at radius 1 is 0.739 bits per heavy atom. The third-order valence-electron chi connectivity index (χ3n) is 3.31. The molecule has 1 fully saturated rings. The molecular weight excluding hydrogens is 364 g/mol. The molecule has 1 nitrogen and oxygen atoms in total. The third kappa shape index (κ3) is 2.84. The summed E-state index contributed by atoms with van der Waals surface area (Å²) < 4.78 is 158. The molecule has 1 heterocycles. The van der Waals surface area contributed by atoms with Crippen LogP contribution in [0, 0.1) is 0 Å². The second-order valence-electron chi connectivity index (χ2n) is 5.09. The van der Waals surface area contributed by atoms with Crippen LogP contribution in [0.2, 0.25) is 0 Å². The van der Waals surface area contributed by atoms with Gasteiger partial charge >= 0.3 is 23.9 Å². The maximum absolute atomic E-state index is 13.7. The van der Waals surface area contributed by atoms with Gasteiger partial charge in [-0.25, -0.2) is 13.2 Å². The lowest BCUT2D eigenvalue weighted by molar-refractivity contribution is -0.421. The summed E-state index contributed by atoms with van der Waals surface area (Å²) in [6, 6.07) is 0. The quantitative estimate of drug-likeness (QED) is 0.490. The largest absolute Gasteiger partial charge is 0.460 e. The van der Waals surface area contributed by atoms with Gasteiger partial charge in [0.2, 0.25) is 5.67 Å². The van der Waals surface area contributed by atoms with E-state index in [1.807, 2.05) is 0 Å². The molecule has 138 valence electrons. The highest BCUT2D eigenvalue weighted by Gasteiger charge is 2.88. The van der Waals surface area contributed by atoms with Crippen LogP contribution in [0.3, 0.4) is 0 Å². The second kappa shape index (κ2) is 5.06. The fraction of sp³-hybridized carbons (Fsp3) is 1.00. The van der Waals surface area contributed by atoms with Crippen molar-refractivity contribution in [1.82, 2.24) is 0 Å². The van der Waals surface area contributed by atoms with Crippen LogP contribution in [0.4, 0.5) is 52.7 Å². The molecule has 2 unspecified atom stereocenters. The van der Waals surface area contributed by atoms with Crippen LogP contribution < -0.4 is 0 Å². The molecule has 2 atom stereocenters. The van der Waals surface area contributed by atoms with Gasteiger partial charge in [0, 0.05) is 6.42 Å². The Labute approximate surface area is 120 Å². The smallest absolute Gasteiger partial charge is 0.373 e. The lowest BCUT2D eigenvalue weighted by Gasteiger charge is -2.42. The molecule has 0 amide bonds. The number of ether oxygens (including phenoxy) is 1. The average molecular weight is 372 g/mol. The van der Waals surface area contributed by atoms with Crippen molar-refractivity contribution >= 4 is 0 Å². The molecule has 1 saturated heterocycles. The molecule has 0 saturated carbocycles. The van der Waals surface area contributed by atoms with Crippen molar-refractivity contribution in [1.29, 1.82) is 0 Å². The van der Waals surface area contributed by atoms with Gasteiger partial charge in [-0.15, -0.1) is 0 Å². The van der Waals surface area contributed by atoms with Crippen molar-refractivity contribution in [3.05, 3.63) is 0 Å². The highest BCUT2D eigenvalue weighted by atomic mass is 19.4. The van der Waals surface area contributed by atoms with Gasteiger partial charge in [0.05, 0.1) is 12.7 Å². The molecule has 0 spiro atoms. The summed E-state index contributed by atoms with van der Waals surface area (Å²) in [4.78, 5) is 0. The predicted molar refractivity (Wildman–Crippen MR) is 49.7 cm³/mol. The Kier molecular flexibility index (Phi) is 4.43. The Hall–Kier alpha value is -0.880. The Morgan fingerprint density at radius 2 is 1.13 bits per heavy atom. The van der Waals surface area contributed by atoms with Crippen LogP contribution in [0.5, 0.6) is 0 Å². The first kappa shape index (κ1) is 20.2. The SMILES string of the molecule is CC(F)(C(F)(F)CC1CO1)C(F)(F)C(F)(F)C(F)(F)C(F)(F)F. The maximum atomic E-state index is 13.7. The lowest BCUT2D eigenvalue weighted by atomic mass is 9.83. The minimum atomic E-state index is -7.46. The number of alkyl halides is 12. The van der Waals surface area contributed by atoms with E-state index in [0.717, 1.165) is 0 Å². The fourth-order valence-corrected chi connectivity index (χ4v) is 1.56. The lowest BCUT2D eigenvalue weighted by Crippen LogP contribution is -2.70. The van der Waals surface area contributed by atoms with Crippen molar-refractivity contribution in [3.63, 3.8) is 0 Å². The average Bonchev–Trinajstić information content (AvgIpc) is 3.09. The standard InChI is InChI=1S/C10H8F12O/c1-5(11,6(12,13)2-4-3-23-4)7(14,15)8(16,17)9(18,19)10(20,21)22/h4H,2-3H2,1H3. The molecule has 1 aliphatic heterocycles. The summed E-state index contributed by atoms with van der Waals surface area (Å²) in [5.74, 6) is -27.3. The number of hydrogen-bond acceptors (Lipinski definition) is 1. The first-order valence-corrected chi connectivity index (χ1v) is 5.71. The zero-order valence-corrected chi connectivity index (χ0v) is 10.9. The maximum Gasteiger partial charge on any atom is 0.460 e. The molecule has 0 aliphatic carbocycles. The fourth-order valence-electron chi connectivity index (χ4n) is 1.56. The first-order valence-electron chi connectivity index (χ1n) is 5.71. The van der Waals surface area contributed by atoms with E-state index in [9.17, 15) is 52.7 Å². The van der Waals surface area contributed by atoms with Gasteiger partial charge in [-0.3, -0.25) is 0 Å². The number of rotatable bonds is 6. The van der Waals surface area contributed by atoms with E-state index in [0.29, 0.717) is 0 Å². The van der Waals surface area contributed by atoms with Gasteiger partial charge in [0.1, 0.15) is 0 Å². The summed E-state index contributed by atoms with van der Waals surface area (Å²) in [5, 5.41) is 0. The van der Waals surface area contributed by atoms with Gasteiger partial charge in [0.25, 0.3) is 5.92 Å². The zero-order chi connectivity index (χ0) is 18.7. The van der Waals surface area contributed by atoms with E-state index in [4.69, 9.17) is 0 Å². The summed E-state index contributed by atoms with van der Waals surface area (Å²) >= 11 is 0. The molecular formula is C10H8F12O. The summed E-state index contributed by atoms with van der Waals surface area (Å²) in [6.07, 6.45) is -10.6. The molecule has 0 bridgehead atoms. The van der Waals surface area contributed by atoms with E-state index in [2.05, 4.69) is 4.74 Å².